The number of aromatic nitrogens is 4. The molecule has 0 aliphatic rings. The van der Waals surface area contributed by atoms with E-state index >= 15 is 0 Å². The first kappa shape index (κ1) is 13.7. The van der Waals surface area contributed by atoms with Crippen LogP contribution in [0.3, 0.4) is 0 Å². The van der Waals surface area contributed by atoms with Crippen molar-refractivity contribution in [2.24, 2.45) is 0 Å². The first-order valence-corrected chi connectivity index (χ1v) is 6.02. The number of hydrogen-bond acceptors (Lipinski definition) is 6. The fourth-order valence-corrected chi connectivity index (χ4v) is 1.73. The van der Waals surface area contributed by atoms with Crippen LogP contribution in [0.25, 0.3) is 0 Å². The van der Waals surface area contributed by atoms with E-state index in [9.17, 15) is 4.79 Å². The molecule has 0 fully saturated rings. The molecule has 17 heavy (non-hydrogen) atoms. The smallest absolute Gasteiger partial charge is 0.230 e. The minimum absolute atomic E-state index is 0.0693. The van der Waals surface area contributed by atoms with Gasteiger partial charge in [0.1, 0.15) is 0 Å². The molecule has 1 heterocycles. The van der Waals surface area contributed by atoms with Gasteiger partial charge in [-0.3, -0.25) is 4.79 Å². The molecule has 0 saturated heterocycles. The summed E-state index contributed by atoms with van der Waals surface area (Å²) in [5.74, 6) is 0.210. The van der Waals surface area contributed by atoms with Crippen molar-refractivity contribution in [2.75, 3.05) is 26.0 Å². The Morgan fingerprint density at radius 3 is 3.24 bits per heavy atom. The number of carbonyl (C=O) groups is 1. The van der Waals surface area contributed by atoms with Gasteiger partial charge in [0.2, 0.25) is 11.1 Å². The number of nitrogens with zero attached hydrogens (tertiary/aromatic N) is 4. The summed E-state index contributed by atoms with van der Waals surface area (Å²) in [4.78, 5) is 11.4. The summed E-state index contributed by atoms with van der Waals surface area (Å²) >= 11 is 1.29. The van der Waals surface area contributed by atoms with Gasteiger partial charge in [0, 0.05) is 13.7 Å². The van der Waals surface area contributed by atoms with Crippen LogP contribution in [0.4, 0.5) is 0 Å². The second-order valence-corrected chi connectivity index (χ2v) is 4.01. The van der Waals surface area contributed by atoms with Gasteiger partial charge in [-0.25, -0.2) is 4.68 Å². The maximum Gasteiger partial charge on any atom is 0.230 e. The van der Waals surface area contributed by atoms with Crippen molar-refractivity contribution in [3.63, 3.8) is 0 Å². The molecular formula is C9H15N5O2S. The van der Waals surface area contributed by atoms with E-state index in [4.69, 9.17) is 4.74 Å². The molecule has 0 aliphatic heterocycles. The summed E-state index contributed by atoms with van der Waals surface area (Å²) in [7, 11) is 1.59. The van der Waals surface area contributed by atoms with Gasteiger partial charge in [-0.15, -0.1) is 11.7 Å². The van der Waals surface area contributed by atoms with Gasteiger partial charge in [0.15, 0.2) is 0 Å². The molecule has 0 aromatic carbocycles. The average molecular weight is 257 g/mol. The average Bonchev–Trinajstić information content (AvgIpc) is 2.75. The summed E-state index contributed by atoms with van der Waals surface area (Å²) in [5, 5.41) is 14.4. The maximum atomic E-state index is 11.4. The van der Waals surface area contributed by atoms with Crippen LogP contribution in [0.5, 0.6) is 0 Å². The number of thioether (sulfide) groups is 1. The highest BCUT2D eigenvalue weighted by Crippen LogP contribution is 2.12. The molecule has 0 saturated carbocycles. The lowest BCUT2D eigenvalue weighted by molar-refractivity contribution is -0.118. The van der Waals surface area contributed by atoms with E-state index < -0.39 is 0 Å². The van der Waals surface area contributed by atoms with Crippen LogP contribution in [0.1, 0.15) is 0 Å². The zero-order valence-electron chi connectivity index (χ0n) is 9.63. The van der Waals surface area contributed by atoms with Gasteiger partial charge in [-0.2, -0.15) is 0 Å². The third-order valence-electron chi connectivity index (χ3n) is 1.76. The van der Waals surface area contributed by atoms with E-state index in [1.807, 2.05) is 0 Å². The summed E-state index contributed by atoms with van der Waals surface area (Å²) in [6, 6.07) is 0. The van der Waals surface area contributed by atoms with Crippen molar-refractivity contribution in [3.05, 3.63) is 12.7 Å². The number of nitrogens with one attached hydrogen (secondary N) is 1. The van der Waals surface area contributed by atoms with E-state index in [-0.39, 0.29) is 11.7 Å². The lowest BCUT2D eigenvalue weighted by atomic mass is 10.6. The number of hydrogen-bond donors (Lipinski definition) is 1. The van der Waals surface area contributed by atoms with Crippen LogP contribution in [0, 0.1) is 0 Å². The molecule has 0 radical (unpaired) electrons. The monoisotopic (exact) mass is 257 g/mol. The van der Waals surface area contributed by atoms with Gasteiger partial charge in [-0.1, -0.05) is 17.8 Å². The zero-order chi connectivity index (χ0) is 12.5. The Bertz CT molecular complexity index is 368. The topological polar surface area (TPSA) is 81.9 Å². The third-order valence-corrected chi connectivity index (χ3v) is 2.72. The molecule has 94 valence electrons. The van der Waals surface area contributed by atoms with Gasteiger partial charge < -0.3 is 10.1 Å². The molecule has 0 spiro atoms. The molecule has 1 amide bonds. The SMILES string of the molecule is C=CCn1nnnc1SCC(=O)NCCOC. The highest BCUT2D eigenvalue weighted by molar-refractivity contribution is 7.99. The standard InChI is InChI=1S/C9H15N5O2S/c1-3-5-14-9(11-12-13-14)17-7-8(15)10-4-6-16-2/h3H,1,4-7H2,2H3,(H,10,15). The lowest BCUT2D eigenvalue weighted by Crippen LogP contribution is -2.28. The van der Waals surface area contributed by atoms with Crippen LogP contribution in [0.2, 0.25) is 0 Å². The molecule has 0 unspecified atom stereocenters. The molecule has 0 bridgehead atoms. The fraction of sp³-hybridized carbons (Fsp3) is 0.556. The fourth-order valence-electron chi connectivity index (χ4n) is 1.01. The Balaban J connectivity index is 2.31. The van der Waals surface area contributed by atoms with Crippen LogP contribution in [0.15, 0.2) is 17.8 Å². The van der Waals surface area contributed by atoms with Gasteiger partial charge in [0.05, 0.1) is 18.9 Å². The summed E-state index contributed by atoms with van der Waals surface area (Å²) in [6.07, 6.45) is 1.69. The number of carbonyl (C=O) groups excluding carboxylic acids is 1. The van der Waals surface area contributed by atoms with Crippen LogP contribution in [-0.4, -0.2) is 52.1 Å². The normalized spacial score (nSPS) is 10.2. The first-order valence-electron chi connectivity index (χ1n) is 5.03. The van der Waals surface area contributed by atoms with E-state index in [1.165, 1.54) is 11.8 Å². The molecule has 8 heteroatoms. The highest BCUT2D eigenvalue weighted by Gasteiger charge is 2.08. The maximum absolute atomic E-state index is 11.4. The minimum Gasteiger partial charge on any atom is -0.383 e. The number of methoxy groups -OCH3 is 1. The molecule has 1 rings (SSSR count). The Hall–Kier alpha value is -1.41. The van der Waals surface area contributed by atoms with Crippen LogP contribution >= 0.6 is 11.8 Å². The van der Waals surface area contributed by atoms with Crippen molar-refractivity contribution in [1.29, 1.82) is 0 Å². The molecule has 1 N–H and O–H groups in total. The molecule has 0 atom stereocenters. The van der Waals surface area contributed by atoms with E-state index in [0.717, 1.165) is 0 Å². The largest absolute Gasteiger partial charge is 0.383 e. The number of tetrazole rings is 1. The molecule has 7 nitrogen and oxygen atoms in total. The van der Waals surface area contributed by atoms with Crippen molar-refractivity contribution < 1.29 is 9.53 Å². The molecule has 1 aromatic rings. The second kappa shape index (κ2) is 7.80. The number of ether oxygens (including phenoxy) is 1. The van der Waals surface area contributed by atoms with Crippen molar-refractivity contribution in [2.45, 2.75) is 11.7 Å². The Morgan fingerprint density at radius 1 is 1.71 bits per heavy atom. The van der Waals surface area contributed by atoms with Crippen LogP contribution in [-0.2, 0) is 16.1 Å². The Labute approximate surface area is 104 Å². The predicted octanol–water partition coefficient (Wildman–Crippen LogP) is -0.286. The first-order chi connectivity index (χ1) is 8.27. The highest BCUT2D eigenvalue weighted by atomic mass is 32.2. The van der Waals surface area contributed by atoms with Crippen LogP contribution < -0.4 is 5.32 Å². The Kier molecular flexibility index (Phi) is 6.26. The number of amides is 1. The second-order valence-electron chi connectivity index (χ2n) is 3.06. The molecule has 1 aromatic heterocycles. The van der Waals surface area contributed by atoms with E-state index in [0.29, 0.717) is 24.9 Å². The van der Waals surface area contributed by atoms with Gasteiger partial charge in [-0.05, 0) is 10.4 Å². The van der Waals surface area contributed by atoms with Crippen molar-refractivity contribution >= 4 is 17.7 Å². The molecular weight excluding hydrogens is 242 g/mol. The number of rotatable bonds is 8. The van der Waals surface area contributed by atoms with Gasteiger partial charge in [0.25, 0.3) is 0 Å². The van der Waals surface area contributed by atoms with E-state index in [1.54, 1.807) is 17.9 Å². The van der Waals surface area contributed by atoms with Crippen molar-refractivity contribution in [1.82, 2.24) is 25.5 Å². The lowest BCUT2D eigenvalue weighted by Gasteiger charge is -2.03. The van der Waals surface area contributed by atoms with Gasteiger partial charge >= 0.3 is 0 Å². The predicted molar refractivity (Wildman–Crippen MR) is 63.6 cm³/mol. The minimum atomic E-state index is -0.0693. The summed E-state index contributed by atoms with van der Waals surface area (Å²) in [6.45, 7) is 5.14. The summed E-state index contributed by atoms with van der Waals surface area (Å²) in [5.41, 5.74) is 0. The van der Waals surface area contributed by atoms with E-state index in [2.05, 4.69) is 27.4 Å². The molecule has 0 aliphatic carbocycles. The summed E-state index contributed by atoms with van der Waals surface area (Å²) < 4.78 is 6.41. The zero-order valence-corrected chi connectivity index (χ0v) is 10.4. The van der Waals surface area contributed by atoms with Crippen molar-refractivity contribution in [3.8, 4) is 0 Å². The number of allylic oxidation sites excluding steroid dienone is 1. The quantitative estimate of drug-likeness (QED) is 0.391. The Morgan fingerprint density at radius 2 is 2.53 bits per heavy atom. The third kappa shape index (κ3) is 4.96.